The maximum absolute atomic E-state index is 11.9. The van der Waals surface area contributed by atoms with Gasteiger partial charge in [0.25, 0.3) is 0 Å². The van der Waals surface area contributed by atoms with Crippen LogP contribution in [0.2, 0.25) is 0 Å². The van der Waals surface area contributed by atoms with Crippen LogP contribution in [0.1, 0.15) is 16.8 Å². The van der Waals surface area contributed by atoms with Gasteiger partial charge in [-0.05, 0) is 12.5 Å². The molecule has 0 spiro atoms. The van der Waals surface area contributed by atoms with Crippen molar-refractivity contribution in [2.45, 2.75) is 6.42 Å². The van der Waals surface area contributed by atoms with Crippen LogP contribution in [0, 0.1) is 0 Å². The Bertz CT molecular complexity index is 657. The number of urea groups is 1. The number of carbonyl (C=O) groups excluding carboxylic acids is 2. The van der Waals surface area contributed by atoms with Crippen molar-refractivity contribution in [3.63, 3.8) is 0 Å². The number of nitrogens with one attached hydrogen (secondary N) is 2. The molecule has 1 aromatic carbocycles. The lowest BCUT2D eigenvalue weighted by atomic mass is 10.1. The highest BCUT2D eigenvalue weighted by Gasteiger charge is 2.20. The number of benzene rings is 1. The number of halogens is 1. The highest BCUT2D eigenvalue weighted by atomic mass is 35.5. The molecule has 0 aliphatic rings. The van der Waals surface area contributed by atoms with Crippen molar-refractivity contribution in [2.75, 3.05) is 24.9 Å². The van der Waals surface area contributed by atoms with Crippen LogP contribution in [0.15, 0.2) is 24.3 Å². The molecule has 0 radical (unpaired) electrons. The van der Waals surface area contributed by atoms with Crippen LogP contribution < -0.4 is 10.6 Å². The van der Waals surface area contributed by atoms with Crippen LogP contribution in [0.3, 0.4) is 0 Å². The zero-order valence-electron chi connectivity index (χ0n) is 11.4. The van der Waals surface area contributed by atoms with Crippen molar-refractivity contribution < 1.29 is 14.3 Å². The monoisotopic (exact) mass is 326 g/mol. The molecular formula is C14H15ClN2O3S. The minimum Gasteiger partial charge on any atom is -0.465 e. The van der Waals surface area contributed by atoms with E-state index in [2.05, 4.69) is 10.6 Å². The van der Waals surface area contributed by atoms with E-state index in [-0.39, 0.29) is 6.03 Å². The highest BCUT2D eigenvalue weighted by molar-refractivity contribution is 7.23. The summed E-state index contributed by atoms with van der Waals surface area (Å²) in [5.74, 6) is 0.0137. The van der Waals surface area contributed by atoms with Crippen molar-refractivity contribution in [3.05, 3.63) is 29.8 Å². The first kappa shape index (κ1) is 15.6. The van der Waals surface area contributed by atoms with Crippen molar-refractivity contribution in [1.29, 1.82) is 0 Å². The predicted octanol–water partition coefficient (Wildman–Crippen LogP) is 3.44. The van der Waals surface area contributed by atoms with Crippen molar-refractivity contribution in [2.24, 2.45) is 0 Å². The number of amides is 2. The first-order chi connectivity index (χ1) is 10.2. The molecule has 2 amide bonds. The van der Waals surface area contributed by atoms with E-state index in [1.54, 1.807) is 0 Å². The fourth-order valence-corrected chi connectivity index (χ4v) is 3.07. The molecule has 0 unspecified atom stereocenters. The number of alkyl halides is 1. The van der Waals surface area contributed by atoms with Crippen molar-refractivity contribution in [1.82, 2.24) is 5.32 Å². The lowest BCUT2D eigenvalue weighted by molar-refractivity contribution is 0.0604. The molecular weight excluding hydrogens is 312 g/mol. The van der Waals surface area contributed by atoms with Gasteiger partial charge < -0.3 is 10.1 Å². The Hall–Kier alpha value is -1.79. The normalized spacial score (nSPS) is 10.4. The average Bonchev–Trinajstić information content (AvgIpc) is 2.84. The van der Waals surface area contributed by atoms with Crippen LogP contribution in [0.5, 0.6) is 0 Å². The molecule has 0 saturated heterocycles. The summed E-state index contributed by atoms with van der Waals surface area (Å²) in [4.78, 5) is 23.8. The van der Waals surface area contributed by atoms with Gasteiger partial charge in [-0.1, -0.05) is 18.2 Å². The Morgan fingerprint density at radius 2 is 2.10 bits per heavy atom. The summed E-state index contributed by atoms with van der Waals surface area (Å²) < 4.78 is 5.71. The lowest BCUT2D eigenvalue weighted by Gasteiger charge is -2.07. The number of rotatable bonds is 5. The topological polar surface area (TPSA) is 67.4 Å². The Morgan fingerprint density at radius 1 is 1.33 bits per heavy atom. The second-order valence-electron chi connectivity index (χ2n) is 4.22. The number of thiophene rings is 1. The maximum atomic E-state index is 11.9. The summed E-state index contributed by atoms with van der Waals surface area (Å²) in [6.45, 7) is 0.480. The summed E-state index contributed by atoms with van der Waals surface area (Å²) in [6, 6.07) is 7.07. The summed E-state index contributed by atoms with van der Waals surface area (Å²) in [5.41, 5.74) is 0.380. The number of ether oxygens (including phenoxy) is 1. The van der Waals surface area contributed by atoms with Crippen molar-refractivity contribution >= 4 is 50.0 Å². The van der Waals surface area contributed by atoms with Crippen LogP contribution >= 0.6 is 22.9 Å². The molecule has 1 heterocycles. The fraction of sp³-hybridized carbons (Fsp3) is 0.286. The molecule has 2 rings (SSSR count). The van der Waals surface area contributed by atoms with Gasteiger partial charge in [0.15, 0.2) is 0 Å². The van der Waals surface area contributed by atoms with Crippen LogP contribution in [0.4, 0.5) is 9.80 Å². The highest BCUT2D eigenvalue weighted by Crippen LogP contribution is 2.35. The third kappa shape index (κ3) is 3.65. The molecule has 0 fully saturated rings. The van der Waals surface area contributed by atoms with Crippen molar-refractivity contribution in [3.8, 4) is 0 Å². The Balaban J connectivity index is 2.26. The van der Waals surface area contributed by atoms with Gasteiger partial charge in [0.05, 0.1) is 7.11 Å². The van der Waals surface area contributed by atoms with Gasteiger partial charge in [-0.15, -0.1) is 22.9 Å². The first-order valence-corrected chi connectivity index (χ1v) is 7.73. The lowest BCUT2D eigenvalue weighted by Crippen LogP contribution is -2.29. The average molecular weight is 327 g/mol. The zero-order chi connectivity index (χ0) is 15.2. The molecule has 0 bridgehead atoms. The largest absolute Gasteiger partial charge is 0.465 e. The number of esters is 1. The zero-order valence-corrected chi connectivity index (χ0v) is 13.0. The first-order valence-electron chi connectivity index (χ1n) is 6.38. The molecule has 112 valence electrons. The summed E-state index contributed by atoms with van der Waals surface area (Å²) in [7, 11) is 1.32. The number of hydrogen-bond acceptors (Lipinski definition) is 4. The van der Waals surface area contributed by atoms with E-state index >= 15 is 0 Å². The van der Waals surface area contributed by atoms with Gasteiger partial charge >= 0.3 is 12.0 Å². The Morgan fingerprint density at radius 3 is 2.81 bits per heavy atom. The van der Waals surface area contributed by atoms with E-state index in [1.807, 2.05) is 24.3 Å². The molecule has 0 aliphatic carbocycles. The summed E-state index contributed by atoms with van der Waals surface area (Å²) >= 11 is 6.89. The van der Waals surface area contributed by atoms with Gasteiger partial charge in [0.2, 0.25) is 0 Å². The number of anilines is 1. The van der Waals surface area contributed by atoms with E-state index in [0.29, 0.717) is 29.4 Å². The predicted molar refractivity (Wildman–Crippen MR) is 85.5 cm³/mol. The van der Waals surface area contributed by atoms with E-state index in [0.717, 1.165) is 10.1 Å². The molecule has 21 heavy (non-hydrogen) atoms. The van der Waals surface area contributed by atoms with E-state index in [9.17, 15) is 9.59 Å². The number of hydrogen-bond donors (Lipinski definition) is 2. The van der Waals surface area contributed by atoms with E-state index < -0.39 is 5.97 Å². The van der Waals surface area contributed by atoms with Crippen LogP contribution in [-0.4, -0.2) is 31.5 Å². The van der Waals surface area contributed by atoms with Gasteiger partial charge in [0.1, 0.15) is 10.6 Å². The van der Waals surface area contributed by atoms with Gasteiger partial charge in [-0.2, -0.15) is 0 Å². The smallest absolute Gasteiger partial charge is 0.341 e. The molecule has 7 heteroatoms. The van der Waals surface area contributed by atoms with Gasteiger partial charge in [-0.3, -0.25) is 5.32 Å². The molecule has 1 aromatic heterocycles. The molecule has 2 aromatic rings. The number of fused-ring (bicyclic) bond motifs is 1. The third-order valence-electron chi connectivity index (χ3n) is 2.81. The molecule has 0 saturated carbocycles. The summed E-state index contributed by atoms with van der Waals surface area (Å²) in [5, 5.41) is 6.63. The Labute approximate surface area is 131 Å². The molecule has 0 atom stereocenters. The minimum absolute atomic E-state index is 0.364. The molecule has 5 nitrogen and oxygen atoms in total. The van der Waals surface area contributed by atoms with E-state index in [4.69, 9.17) is 16.3 Å². The SMILES string of the molecule is COC(=O)c1c(NC(=O)NCCCCl)sc2ccccc12. The maximum Gasteiger partial charge on any atom is 0.341 e. The number of methoxy groups -OCH3 is 1. The third-order valence-corrected chi connectivity index (χ3v) is 4.16. The van der Waals surface area contributed by atoms with Crippen LogP contribution in [0.25, 0.3) is 10.1 Å². The van der Waals surface area contributed by atoms with Gasteiger partial charge in [-0.25, -0.2) is 9.59 Å². The summed E-state index contributed by atoms with van der Waals surface area (Å²) in [6.07, 6.45) is 0.686. The second-order valence-corrected chi connectivity index (χ2v) is 5.65. The quantitative estimate of drug-likeness (QED) is 0.502. The number of carbonyl (C=O) groups is 2. The minimum atomic E-state index is -0.469. The molecule has 0 aliphatic heterocycles. The van der Waals surface area contributed by atoms with Crippen LogP contribution in [-0.2, 0) is 4.74 Å². The Kier molecular flexibility index (Phi) is 5.41. The standard InChI is InChI=1S/C14H15ClN2O3S/c1-20-13(18)11-9-5-2-3-6-10(9)21-12(11)17-14(19)16-8-4-7-15/h2-3,5-6H,4,7-8H2,1H3,(H2,16,17,19). The fourth-order valence-electron chi connectivity index (χ4n) is 1.85. The van der Waals surface area contributed by atoms with E-state index in [1.165, 1.54) is 18.4 Å². The van der Waals surface area contributed by atoms with Gasteiger partial charge in [0, 0.05) is 22.5 Å². The second kappa shape index (κ2) is 7.28. The molecule has 2 N–H and O–H groups in total.